The third-order valence-corrected chi connectivity index (χ3v) is 5.12. The molecular weight excluding hydrogens is 330 g/mol. The Morgan fingerprint density at radius 1 is 1.13 bits per heavy atom. The van der Waals surface area contributed by atoms with Gasteiger partial charge < -0.3 is 0 Å². The van der Waals surface area contributed by atoms with Gasteiger partial charge in [0.15, 0.2) is 0 Å². The molecule has 0 spiro atoms. The zero-order valence-corrected chi connectivity index (χ0v) is 13.9. The molecule has 0 aromatic heterocycles. The number of nitrogens with one attached hydrogen (secondary N) is 1. The van der Waals surface area contributed by atoms with Gasteiger partial charge in [-0.25, -0.2) is 8.42 Å². The van der Waals surface area contributed by atoms with E-state index in [1.807, 2.05) is 18.4 Å². The molecule has 0 radical (unpaired) electrons. The summed E-state index contributed by atoms with van der Waals surface area (Å²) in [5, 5.41) is 19.5. The molecule has 0 aliphatic carbocycles. The Bertz CT molecular complexity index is 892. The van der Waals surface area contributed by atoms with Crippen molar-refractivity contribution >= 4 is 27.5 Å². The largest absolute Gasteiger partial charge is 0.279 e. The van der Waals surface area contributed by atoms with E-state index in [1.165, 1.54) is 24.3 Å². The van der Waals surface area contributed by atoms with Crippen LogP contribution in [0.4, 0.5) is 5.69 Å². The Morgan fingerprint density at radius 2 is 1.83 bits per heavy atom. The maximum absolute atomic E-state index is 12.4. The van der Waals surface area contributed by atoms with E-state index in [-0.39, 0.29) is 4.90 Å². The number of thioether (sulfide) groups is 1. The molecule has 2 aromatic carbocycles. The van der Waals surface area contributed by atoms with Crippen LogP contribution in [0.15, 0.2) is 52.3 Å². The first-order valence-corrected chi connectivity index (χ1v) is 9.02. The minimum atomic E-state index is -3.73. The van der Waals surface area contributed by atoms with E-state index >= 15 is 0 Å². The van der Waals surface area contributed by atoms with E-state index in [9.17, 15) is 8.42 Å². The molecule has 1 N–H and O–H groups in total. The highest BCUT2D eigenvalue weighted by Crippen LogP contribution is 2.26. The predicted octanol–water partition coefficient (Wildman–Crippen LogP) is 3.49. The Hall–Kier alpha value is -2.48. The van der Waals surface area contributed by atoms with Crippen LogP contribution in [-0.4, -0.2) is 8.42 Å². The molecule has 0 saturated heterocycles. The summed E-state index contributed by atoms with van der Waals surface area (Å²) in [6, 6.07) is 12.8. The number of anilines is 1. The second-order valence-corrected chi connectivity index (χ2v) is 7.15. The fourth-order valence-electron chi connectivity index (χ4n) is 1.99. The third kappa shape index (κ3) is 4.04. The molecule has 23 heavy (non-hydrogen) atoms. The van der Waals surface area contributed by atoms with Gasteiger partial charge in [-0.15, -0.1) is 0 Å². The minimum absolute atomic E-state index is 0.0917. The maximum atomic E-state index is 12.4. The summed E-state index contributed by atoms with van der Waals surface area (Å²) in [4.78, 5) is 0.861. The first kappa shape index (κ1) is 16.9. The Kier molecular flexibility index (Phi) is 5.28. The summed E-state index contributed by atoms with van der Waals surface area (Å²) >= 11 is 1.03. The van der Waals surface area contributed by atoms with Crippen molar-refractivity contribution in [3.63, 3.8) is 0 Å². The predicted molar refractivity (Wildman–Crippen MR) is 89.3 cm³/mol. The van der Waals surface area contributed by atoms with E-state index in [1.54, 1.807) is 18.2 Å². The van der Waals surface area contributed by atoms with Gasteiger partial charge in [0.2, 0.25) is 0 Å². The molecule has 0 unspecified atom stereocenters. The van der Waals surface area contributed by atoms with Crippen molar-refractivity contribution in [2.24, 2.45) is 0 Å². The monoisotopic (exact) mass is 343 g/mol. The van der Waals surface area contributed by atoms with Gasteiger partial charge in [0, 0.05) is 4.90 Å². The van der Waals surface area contributed by atoms with Crippen LogP contribution in [0.1, 0.15) is 18.1 Å². The van der Waals surface area contributed by atoms with Gasteiger partial charge in [0.25, 0.3) is 10.0 Å². The van der Waals surface area contributed by atoms with Crippen molar-refractivity contribution in [2.45, 2.75) is 23.1 Å². The van der Waals surface area contributed by atoms with Crippen molar-refractivity contribution in [1.29, 1.82) is 10.5 Å². The molecule has 7 heteroatoms. The first-order valence-electron chi connectivity index (χ1n) is 6.72. The normalized spacial score (nSPS) is 10.6. The lowest BCUT2D eigenvalue weighted by atomic mass is 10.1. The van der Waals surface area contributed by atoms with E-state index in [0.717, 1.165) is 22.2 Å². The fourth-order valence-corrected chi connectivity index (χ4v) is 3.53. The fraction of sp³-hybridized carbons (Fsp3) is 0.125. The lowest BCUT2D eigenvalue weighted by Crippen LogP contribution is -2.14. The molecule has 0 saturated carbocycles. The molecule has 5 nitrogen and oxygen atoms in total. The van der Waals surface area contributed by atoms with Crippen LogP contribution in [0.3, 0.4) is 0 Å². The maximum Gasteiger partial charge on any atom is 0.261 e. The van der Waals surface area contributed by atoms with E-state index in [2.05, 4.69) is 4.72 Å². The smallest absolute Gasteiger partial charge is 0.261 e. The molecular formula is C16H13N3O2S2. The van der Waals surface area contributed by atoms with Gasteiger partial charge in [-0.2, -0.15) is 10.5 Å². The second-order valence-electron chi connectivity index (χ2n) is 4.61. The zero-order valence-electron chi connectivity index (χ0n) is 12.3. The van der Waals surface area contributed by atoms with Crippen LogP contribution in [0, 0.1) is 22.0 Å². The van der Waals surface area contributed by atoms with Crippen molar-refractivity contribution < 1.29 is 8.42 Å². The van der Waals surface area contributed by atoms with Gasteiger partial charge in [0.05, 0.1) is 22.2 Å². The topological polar surface area (TPSA) is 93.8 Å². The van der Waals surface area contributed by atoms with Crippen molar-refractivity contribution in [2.75, 3.05) is 4.72 Å². The molecule has 0 heterocycles. The van der Waals surface area contributed by atoms with Crippen LogP contribution in [-0.2, 0) is 16.4 Å². The average molecular weight is 343 g/mol. The summed E-state index contributed by atoms with van der Waals surface area (Å²) in [5.74, 6) is 0. The number of nitrogens with zero attached hydrogens (tertiary/aromatic N) is 2. The SMILES string of the molecule is CCc1cc(SC#N)ccc1NS(=O)(=O)c1ccc(C#N)cc1. The standard InChI is InChI=1S/C16H13N3O2S2/c1-2-13-9-14(22-11-18)5-8-16(13)19-23(20,21)15-6-3-12(10-17)4-7-15/h3-9,19H,2H2,1H3. The lowest BCUT2D eigenvalue weighted by molar-refractivity contribution is 0.601. The number of aryl methyl sites for hydroxylation is 1. The van der Waals surface area contributed by atoms with Gasteiger partial charge in [0.1, 0.15) is 5.40 Å². The van der Waals surface area contributed by atoms with Crippen LogP contribution in [0.5, 0.6) is 0 Å². The number of nitriles is 2. The Balaban J connectivity index is 2.33. The molecule has 0 aliphatic rings. The average Bonchev–Trinajstić information content (AvgIpc) is 2.56. The second kappa shape index (κ2) is 7.19. The number of hydrogen-bond acceptors (Lipinski definition) is 5. The number of hydrogen-bond donors (Lipinski definition) is 1. The van der Waals surface area contributed by atoms with Gasteiger partial charge >= 0.3 is 0 Å². The highest BCUT2D eigenvalue weighted by Gasteiger charge is 2.16. The van der Waals surface area contributed by atoms with E-state index < -0.39 is 10.0 Å². The molecule has 0 amide bonds. The van der Waals surface area contributed by atoms with Crippen LogP contribution in [0.25, 0.3) is 0 Å². The summed E-state index contributed by atoms with van der Waals surface area (Å²) < 4.78 is 27.4. The zero-order chi connectivity index (χ0) is 16.9. The highest BCUT2D eigenvalue weighted by atomic mass is 32.2. The third-order valence-electron chi connectivity index (χ3n) is 3.16. The minimum Gasteiger partial charge on any atom is -0.279 e. The van der Waals surface area contributed by atoms with E-state index in [4.69, 9.17) is 10.5 Å². The molecule has 2 rings (SSSR count). The summed E-state index contributed by atoms with van der Waals surface area (Å²) in [5.41, 5.74) is 1.69. The number of rotatable bonds is 5. The number of benzene rings is 2. The lowest BCUT2D eigenvalue weighted by Gasteiger charge is -2.12. The van der Waals surface area contributed by atoms with Crippen molar-refractivity contribution in [3.8, 4) is 11.5 Å². The summed E-state index contributed by atoms with van der Waals surface area (Å²) in [7, 11) is -3.73. The van der Waals surface area contributed by atoms with Crippen molar-refractivity contribution in [3.05, 3.63) is 53.6 Å². The van der Waals surface area contributed by atoms with Crippen LogP contribution >= 0.6 is 11.8 Å². The molecule has 0 bridgehead atoms. The Labute approximate surface area is 139 Å². The van der Waals surface area contributed by atoms with Crippen LogP contribution < -0.4 is 4.72 Å². The van der Waals surface area contributed by atoms with Gasteiger partial charge in [-0.05, 0) is 66.2 Å². The number of thiocyanates is 1. The molecule has 0 aliphatic heterocycles. The number of sulfonamides is 1. The Morgan fingerprint density at radius 3 is 2.39 bits per heavy atom. The molecule has 0 fully saturated rings. The molecule has 0 atom stereocenters. The quantitative estimate of drug-likeness (QED) is 0.662. The molecule has 116 valence electrons. The van der Waals surface area contributed by atoms with Crippen LogP contribution in [0.2, 0.25) is 0 Å². The van der Waals surface area contributed by atoms with E-state index in [0.29, 0.717) is 17.7 Å². The first-order chi connectivity index (χ1) is 11.0. The summed E-state index contributed by atoms with van der Waals surface area (Å²) in [6.45, 7) is 1.91. The summed E-state index contributed by atoms with van der Waals surface area (Å²) in [6.07, 6.45) is 0.630. The van der Waals surface area contributed by atoms with Crippen molar-refractivity contribution in [1.82, 2.24) is 0 Å². The highest BCUT2D eigenvalue weighted by molar-refractivity contribution is 8.03. The van der Waals surface area contributed by atoms with Gasteiger partial charge in [-0.1, -0.05) is 6.92 Å². The molecule has 2 aromatic rings. The van der Waals surface area contributed by atoms with Gasteiger partial charge in [-0.3, -0.25) is 4.72 Å².